The van der Waals surface area contributed by atoms with E-state index in [0.717, 1.165) is 28.7 Å². The zero-order chi connectivity index (χ0) is 27.2. The molecule has 1 N–H and O–H groups in total. The number of sulfone groups is 1. The second-order valence-corrected chi connectivity index (χ2v) is 13.1. The molecule has 38 heavy (non-hydrogen) atoms. The lowest BCUT2D eigenvalue weighted by Gasteiger charge is -2.19. The van der Waals surface area contributed by atoms with Crippen molar-refractivity contribution in [3.05, 3.63) is 44.9 Å². The van der Waals surface area contributed by atoms with Crippen LogP contribution in [0.4, 0.5) is 4.79 Å². The maximum atomic E-state index is 12.4. The molecule has 3 aromatic rings. The average molecular weight is 577 g/mol. The fourth-order valence-corrected chi connectivity index (χ4v) is 8.34. The zero-order valence-corrected chi connectivity index (χ0v) is 23.0. The number of carboxylic acid groups (broad SMARTS) is 1. The third-order valence-corrected chi connectivity index (χ3v) is 10.1. The minimum atomic E-state index is -3.23. The molecule has 0 spiro atoms. The van der Waals surface area contributed by atoms with Crippen LogP contribution in [0.15, 0.2) is 18.2 Å². The first kappa shape index (κ1) is 26.6. The zero-order valence-electron chi connectivity index (χ0n) is 20.6. The topological polar surface area (TPSA) is 131 Å². The fourth-order valence-electron chi connectivity index (χ4n) is 4.99. The van der Waals surface area contributed by atoms with E-state index >= 15 is 0 Å². The van der Waals surface area contributed by atoms with Gasteiger partial charge in [0.2, 0.25) is 11.8 Å². The van der Waals surface area contributed by atoms with Gasteiger partial charge in [-0.15, -0.1) is 11.3 Å². The van der Waals surface area contributed by atoms with E-state index in [1.165, 1.54) is 11.3 Å². The Hall–Kier alpha value is -3.02. The number of carbonyl (C=O) groups is 3. The number of nitrogens with zero attached hydrogens (tertiary/aromatic N) is 2. The predicted octanol–water partition coefficient (Wildman–Crippen LogP) is 5.14. The molecular weight excluding hydrogens is 552 g/mol. The molecule has 0 radical (unpaired) electrons. The van der Waals surface area contributed by atoms with Crippen LogP contribution in [0.2, 0.25) is 5.02 Å². The maximum Gasteiger partial charge on any atom is 0.511 e. The largest absolute Gasteiger partial charge is 0.511 e. The molecule has 2 aliphatic heterocycles. The lowest BCUT2D eigenvalue weighted by molar-refractivity contribution is -0.139. The van der Waals surface area contributed by atoms with Crippen molar-refractivity contribution < 1.29 is 32.6 Å². The predicted molar refractivity (Wildman–Crippen MR) is 143 cm³/mol. The number of likely N-dealkylation sites (tertiary alicyclic amines) is 1. The van der Waals surface area contributed by atoms with Gasteiger partial charge in [-0.2, -0.15) is 0 Å². The van der Waals surface area contributed by atoms with Crippen molar-refractivity contribution in [1.82, 2.24) is 9.88 Å². The van der Waals surface area contributed by atoms with Crippen molar-refractivity contribution in [2.45, 2.75) is 57.7 Å². The summed E-state index contributed by atoms with van der Waals surface area (Å²) in [7, 11) is -3.23. The van der Waals surface area contributed by atoms with Crippen molar-refractivity contribution in [3.8, 4) is 16.9 Å². The number of carbonyl (C=O) groups excluding carboxylic acids is 2. The number of fused-ring (bicyclic) bond motifs is 3. The van der Waals surface area contributed by atoms with Gasteiger partial charge < -0.3 is 9.84 Å². The molecule has 4 heterocycles. The molecule has 2 aliphatic rings. The van der Waals surface area contributed by atoms with Crippen LogP contribution in [0.5, 0.6) is 5.75 Å². The molecule has 0 unspecified atom stereocenters. The number of rotatable bonds is 7. The van der Waals surface area contributed by atoms with Crippen LogP contribution < -0.4 is 4.74 Å². The smallest absolute Gasteiger partial charge is 0.449 e. The SMILES string of the molecule is CCCCc1cc(-c2c(Cl)c(CN3C(=O)CCC3=O)nc3sc4c(c23)CCS(=O)(=O)C4)ccc1OC(=O)O. The van der Waals surface area contributed by atoms with Crippen molar-refractivity contribution >= 4 is 61.0 Å². The van der Waals surface area contributed by atoms with Gasteiger partial charge in [0.25, 0.3) is 0 Å². The highest BCUT2D eigenvalue weighted by molar-refractivity contribution is 7.90. The summed E-state index contributed by atoms with van der Waals surface area (Å²) in [6, 6.07) is 5.15. The molecule has 1 aromatic carbocycles. The van der Waals surface area contributed by atoms with Crippen molar-refractivity contribution in [2.75, 3.05) is 5.75 Å². The lowest BCUT2D eigenvalue weighted by Crippen LogP contribution is -2.29. The molecule has 2 aromatic heterocycles. The highest BCUT2D eigenvalue weighted by atomic mass is 35.5. The van der Waals surface area contributed by atoms with Crippen LogP contribution in [0.1, 0.15) is 54.3 Å². The van der Waals surface area contributed by atoms with Crippen molar-refractivity contribution in [2.24, 2.45) is 0 Å². The Morgan fingerprint density at radius 2 is 1.95 bits per heavy atom. The number of thiophene rings is 1. The van der Waals surface area contributed by atoms with Gasteiger partial charge in [0, 0.05) is 28.7 Å². The monoisotopic (exact) mass is 576 g/mol. The van der Waals surface area contributed by atoms with Gasteiger partial charge in [-0.3, -0.25) is 14.5 Å². The number of imide groups is 1. The number of hydrogen-bond acceptors (Lipinski definition) is 8. The van der Waals surface area contributed by atoms with Gasteiger partial charge in [0.1, 0.15) is 10.6 Å². The Bertz CT molecular complexity index is 1580. The Morgan fingerprint density at radius 3 is 2.63 bits per heavy atom. The number of aryl methyl sites for hydroxylation is 2. The Kier molecular flexibility index (Phi) is 7.19. The molecule has 0 aliphatic carbocycles. The standard InChI is InChI=1S/C26H25ClN2O7S2/c1-2-3-4-14-11-15(5-6-18(14)36-26(32)33)22-23-16-9-10-38(34,35)13-19(16)37-25(23)28-17(24(22)27)12-29-20(30)7-8-21(29)31/h5-6,11H,2-4,7-10,12-13H2,1H3,(H,32,33). The first-order chi connectivity index (χ1) is 18.1. The van der Waals surface area contributed by atoms with Gasteiger partial charge in [0.05, 0.1) is 28.8 Å². The lowest BCUT2D eigenvalue weighted by atomic mass is 9.95. The summed E-state index contributed by atoms with van der Waals surface area (Å²) < 4.78 is 29.7. The number of ether oxygens (including phenoxy) is 1. The van der Waals surface area contributed by atoms with E-state index in [-0.39, 0.29) is 53.5 Å². The summed E-state index contributed by atoms with van der Waals surface area (Å²) in [5, 5.41) is 10.2. The maximum absolute atomic E-state index is 12.4. The van der Waals surface area contributed by atoms with E-state index in [0.29, 0.717) is 44.9 Å². The second kappa shape index (κ2) is 10.3. The number of unbranched alkanes of at least 4 members (excludes halogenated alkanes) is 1. The van der Waals surface area contributed by atoms with Crippen LogP contribution in [-0.4, -0.2) is 47.1 Å². The van der Waals surface area contributed by atoms with Crippen LogP contribution in [0, 0.1) is 0 Å². The normalized spacial score (nSPS) is 16.7. The van der Waals surface area contributed by atoms with Crippen LogP contribution in [0.3, 0.4) is 0 Å². The summed E-state index contributed by atoms with van der Waals surface area (Å²) in [6.07, 6.45) is 1.50. The minimum Gasteiger partial charge on any atom is -0.449 e. The second-order valence-electron chi connectivity index (χ2n) is 9.44. The molecule has 0 bridgehead atoms. The molecule has 0 saturated carbocycles. The number of halogens is 1. The number of benzene rings is 1. The van der Waals surface area contributed by atoms with Gasteiger partial charge in [0.15, 0.2) is 9.84 Å². The van der Waals surface area contributed by atoms with Crippen molar-refractivity contribution in [1.29, 1.82) is 0 Å². The molecule has 9 nitrogen and oxygen atoms in total. The van der Waals surface area contributed by atoms with Crippen LogP contribution in [-0.2, 0) is 44.6 Å². The quantitative estimate of drug-likeness (QED) is 0.232. The highest BCUT2D eigenvalue weighted by Crippen LogP contribution is 2.45. The summed E-state index contributed by atoms with van der Waals surface area (Å²) in [4.78, 5) is 43.1. The fraction of sp³-hybridized carbons (Fsp3) is 0.385. The van der Waals surface area contributed by atoms with E-state index in [2.05, 4.69) is 0 Å². The summed E-state index contributed by atoms with van der Waals surface area (Å²) in [5.41, 5.74) is 3.25. The van der Waals surface area contributed by atoms with E-state index in [1.807, 2.05) is 13.0 Å². The number of aromatic nitrogens is 1. The van der Waals surface area contributed by atoms with Gasteiger partial charge >= 0.3 is 6.16 Å². The number of pyridine rings is 1. The molecule has 12 heteroatoms. The Morgan fingerprint density at radius 1 is 1.21 bits per heavy atom. The minimum absolute atomic E-state index is 0.0224. The van der Waals surface area contributed by atoms with Gasteiger partial charge in [-0.1, -0.05) is 31.0 Å². The molecule has 2 amide bonds. The summed E-state index contributed by atoms with van der Waals surface area (Å²) in [5.74, 6) is -0.394. The molecule has 1 fully saturated rings. The number of hydrogen-bond donors (Lipinski definition) is 1. The summed E-state index contributed by atoms with van der Waals surface area (Å²) in [6.45, 7) is 1.95. The molecule has 5 rings (SSSR count). The molecular formula is C26H25ClN2O7S2. The first-order valence-corrected chi connectivity index (χ1v) is 15.3. The molecule has 0 atom stereocenters. The van der Waals surface area contributed by atoms with Gasteiger partial charge in [-0.05, 0) is 48.1 Å². The highest BCUT2D eigenvalue weighted by Gasteiger charge is 2.33. The van der Waals surface area contributed by atoms with E-state index in [4.69, 9.17) is 21.3 Å². The van der Waals surface area contributed by atoms with E-state index in [9.17, 15) is 27.9 Å². The van der Waals surface area contributed by atoms with Crippen LogP contribution >= 0.6 is 22.9 Å². The third-order valence-electron chi connectivity index (χ3n) is 6.85. The first-order valence-electron chi connectivity index (χ1n) is 12.3. The molecule has 200 valence electrons. The Labute approximate surface area is 228 Å². The van der Waals surface area contributed by atoms with E-state index < -0.39 is 16.0 Å². The summed E-state index contributed by atoms with van der Waals surface area (Å²) >= 11 is 8.26. The van der Waals surface area contributed by atoms with E-state index in [1.54, 1.807) is 12.1 Å². The Balaban J connectivity index is 1.72. The van der Waals surface area contributed by atoms with Crippen molar-refractivity contribution in [3.63, 3.8) is 0 Å². The number of amides is 2. The van der Waals surface area contributed by atoms with Gasteiger partial charge in [-0.25, -0.2) is 18.2 Å². The van der Waals surface area contributed by atoms with Crippen LogP contribution in [0.25, 0.3) is 21.3 Å². The average Bonchev–Trinajstić information content (AvgIpc) is 3.36. The third kappa shape index (κ3) is 5.02. The molecule has 1 saturated heterocycles.